The number of aromatic nitrogens is 3. The summed E-state index contributed by atoms with van der Waals surface area (Å²) in [6.07, 6.45) is 4.03. The highest BCUT2D eigenvalue weighted by Gasteiger charge is 2.45. The summed E-state index contributed by atoms with van der Waals surface area (Å²) < 4.78 is 2.14. The van der Waals surface area contributed by atoms with Gasteiger partial charge in [-0.1, -0.05) is 18.2 Å². The van der Waals surface area contributed by atoms with Gasteiger partial charge < -0.3 is 0 Å². The Bertz CT molecular complexity index is 1050. The second-order valence-electron chi connectivity index (χ2n) is 7.78. The number of hydrogen-bond donors (Lipinski definition) is 1. The van der Waals surface area contributed by atoms with Crippen LogP contribution in [0.5, 0.6) is 0 Å². The molecule has 2 aromatic heterocycles. The van der Waals surface area contributed by atoms with Crippen molar-refractivity contribution < 1.29 is 9.63 Å². The number of benzene rings is 1. The zero-order valence-electron chi connectivity index (χ0n) is 15.9. The van der Waals surface area contributed by atoms with Crippen molar-refractivity contribution in [1.82, 2.24) is 25.1 Å². The number of pyridine rings is 1. The molecular weight excluding hydrogens is 354 g/mol. The zero-order chi connectivity index (χ0) is 19.1. The average molecular weight is 377 g/mol. The van der Waals surface area contributed by atoms with Gasteiger partial charge in [-0.05, 0) is 37.6 Å². The summed E-state index contributed by atoms with van der Waals surface area (Å²) in [5.41, 5.74) is 6.79. The SMILES string of the molecule is CONC(=O)CN1CCC2(CCn3nc(-c4cnc5ccccc5c4)cc32)C1. The van der Waals surface area contributed by atoms with Crippen LogP contribution in [0, 0.1) is 0 Å². The van der Waals surface area contributed by atoms with Crippen LogP contribution < -0.4 is 5.48 Å². The summed E-state index contributed by atoms with van der Waals surface area (Å²) in [6.45, 7) is 3.08. The third-order valence-electron chi connectivity index (χ3n) is 6.03. The van der Waals surface area contributed by atoms with Gasteiger partial charge in [0, 0.05) is 41.3 Å². The Balaban J connectivity index is 1.41. The van der Waals surface area contributed by atoms with Crippen molar-refractivity contribution in [2.75, 3.05) is 26.7 Å². The number of nitrogens with one attached hydrogen (secondary N) is 1. The molecule has 1 fully saturated rings. The quantitative estimate of drug-likeness (QED) is 0.705. The van der Waals surface area contributed by atoms with Crippen LogP contribution >= 0.6 is 0 Å². The molecule has 1 amide bonds. The Hall–Kier alpha value is -2.77. The van der Waals surface area contributed by atoms with Crippen LogP contribution in [0.2, 0.25) is 0 Å². The predicted molar refractivity (Wildman–Crippen MR) is 105 cm³/mol. The van der Waals surface area contributed by atoms with Crippen LogP contribution in [0.3, 0.4) is 0 Å². The topological polar surface area (TPSA) is 72.3 Å². The minimum Gasteiger partial charge on any atom is -0.293 e. The highest BCUT2D eigenvalue weighted by Crippen LogP contribution is 2.43. The largest absolute Gasteiger partial charge is 0.293 e. The fourth-order valence-corrected chi connectivity index (χ4v) is 4.67. The number of amides is 1. The van der Waals surface area contributed by atoms with Crippen molar-refractivity contribution in [2.45, 2.75) is 24.8 Å². The lowest BCUT2D eigenvalue weighted by molar-refractivity contribution is -0.132. The molecule has 1 spiro atoms. The number of likely N-dealkylation sites (tertiary alicyclic amines) is 1. The van der Waals surface area contributed by atoms with E-state index in [0.29, 0.717) is 6.54 Å². The summed E-state index contributed by atoms with van der Waals surface area (Å²) in [5.74, 6) is -0.103. The number of fused-ring (bicyclic) bond motifs is 3. The molecule has 4 heterocycles. The number of para-hydroxylation sites is 1. The molecule has 0 bridgehead atoms. The monoisotopic (exact) mass is 377 g/mol. The first kappa shape index (κ1) is 17.3. The van der Waals surface area contributed by atoms with Crippen LogP contribution in [0.4, 0.5) is 0 Å². The average Bonchev–Trinajstić information content (AvgIpc) is 3.39. The first-order valence-electron chi connectivity index (χ1n) is 9.65. The van der Waals surface area contributed by atoms with E-state index in [-0.39, 0.29) is 11.3 Å². The van der Waals surface area contributed by atoms with E-state index in [1.165, 1.54) is 12.8 Å². The molecule has 1 atom stereocenters. The summed E-state index contributed by atoms with van der Waals surface area (Å²) in [5, 5.41) is 5.99. The first-order valence-corrected chi connectivity index (χ1v) is 9.65. The Kier molecular flexibility index (Phi) is 4.14. The zero-order valence-corrected chi connectivity index (χ0v) is 15.9. The number of nitrogens with zero attached hydrogens (tertiary/aromatic N) is 4. The Labute approximate surface area is 163 Å². The predicted octanol–water partition coefficient (Wildman–Crippen LogP) is 2.12. The minimum atomic E-state index is -0.103. The maximum Gasteiger partial charge on any atom is 0.257 e. The van der Waals surface area contributed by atoms with Gasteiger partial charge in [0.15, 0.2) is 0 Å². The van der Waals surface area contributed by atoms with Crippen molar-refractivity contribution in [2.24, 2.45) is 0 Å². The maximum absolute atomic E-state index is 11.8. The van der Waals surface area contributed by atoms with Gasteiger partial charge in [0.05, 0.1) is 24.9 Å². The molecule has 28 heavy (non-hydrogen) atoms. The molecule has 0 aliphatic carbocycles. The fraction of sp³-hybridized carbons (Fsp3) is 0.381. The highest BCUT2D eigenvalue weighted by atomic mass is 16.6. The molecule has 2 aliphatic heterocycles. The molecule has 1 unspecified atom stereocenters. The van der Waals surface area contributed by atoms with Crippen LogP contribution in [0.1, 0.15) is 18.5 Å². The fourth-order valence-electron chi connectivity index (χ4n) is 4.67. The Morgan fingerprint density at radius 2 is 2.11 bits per heavy atom. The third-order valence-corrected chi connectivity index (χ3v) is 6.03. The molecule has 1 N–H and O–H groups in total. The van der Waals surface area contributed by atoms with E-state index in [4.69, 9.17) is 9.94 Å². The number of hydrogen-bond acceptors (Lipinski definition) is 5. The van der Waals surface area contributed by atoms with Gasteiger partial charge in [-0.3, -0.25) is 24.2 Å². The normalized spacial score (nSPS) is 21.5. The lowest BCUT2D eigenvalue weighted by atomic mass is 9.82. The molecule has 2 aliphatic rings. The lowest BCUT2D eigenvalue weighted by Gasteiger charge is -2.23. The molecule has 1 aromatic carbocycles. The van der Waals surface area contributed by atoms with E-state index in [0.717, 1.165) is 54.6 Å². The van der Waals surface area contributed by atoms with E-state index in [1.807, 2.05) is 24.4 Å². The molecule has 7 nitrogen and oxygen atoms in total. The van der Waals surface area contributed by atoms with Crippen LogP contribution in [0.15, 0.2) is 42.6 Å². The molecule has 0 radical (unpaired) electrons. The lowest BCUT2D eigenvalue weighted by Crippen LogP contribution is -2.37. The van der Waals surface area contributed by atoms with E-state index in [9.17, 15) is 4.79 Å². The van der Waals surface area contributed by atoms with Gasteiger partial charge in [0.25, 0.3) is 5.91 Å². The molecule has 3 aromatic rings. The Morgan fingerprint density at radius 1 is 1.25 bits per heavy atom. The van der Waals surface area contributed by atoms with Crippen LogP contribution in [-0.4, -0.2) is 52.3 Å². The molecule has 144 valence electrons. The third kappa shape index (κ3) is 2.87. The minimum absolute atomic E-state index is 0.0862. The smallest absolute Gasteiger partial charge is 0.257 e. The highest BCUT2D eigenvalue weighted by molar-refractivity contribution is 5.82. The summed E-state index contributed by atoms with van der Waals surface area (Å²) in [7, 11) is 1.46. The number of carbonyl (C=O) groups excluding carboxylic acids is 1. The van der Waals surface area contributed by atoms with E-state index >= 15 is 0 Å². The second kappa shape index (κ2) is 6.68. The summed E-state index contributed by atoms with van der Waals surface area (Å²) in [4.78, 5) is 23.3. The van der Waals surface area contributed by atoms with Gasteiger partial charge in [0.2, 0.25) is 0 Å². The molecule has 1 saturated heterocycles. The Morgan fingerprint density at radius 3 is 3.00 bits per heavy atom. The number of aryl methyl sites for hydroxylation is 1. The van der Waals surface area contributed by atoms with Crippen LogP contribution in [0.25, 0.3) is 22.2 Å². The number of hydroxylamine groups is 1. The molecule has 7 heteroatoms. The summed E-state index contributed by atoms with van der Waals surface area (Å²) >= 11 is 0. The molecule has 5 rings (SSSR count). The van der Waals surface area contributed by atoms with Crippen LogP contribution in [-0.2, 0) is 21.6 Å². The second-order valence-corrected chi connectivity index (χ2v) is 7.78. The van der Waals surface area contributed by atoms with Gasteiger partial charge in [-0.15, -0.1) is 0 Å². The van der Waals surface area contributed by atoms with Crippen molar-refractivity contribution in [1.29, 1.82) is 0 Å². The van der Waals surface area contributed by atoms with Gasteiger partial charge in [0.1, 0.15) is 0 Å². The van der Waals surface area contributed by atoms with Crippen molar-refractivity contribution >= 4 is 16.8 Å². The number of carbonyl (C=O) groups is 1. The van der Waals surface area contributed by atoms with E-state index in [1.54, 1.807) is 0 Å². The van der Waals surface area contributed by atoms with Gasteiger partial charge in [-0.2, -0.15) is 5.10 Å². The standard InChI is InChI=1S/C21H23N5O2/c1-28-24-20(27)13-25-8-6-21(14-25)7-9-26-19(21)11-18(23-26)16-10-15-4-2-3-5-17(15)22-12-16/h2-5,10-12H,6-9,13-14H2,1H3,(H,24,27). The van der Waals surface area contributed by atoms with Gasteiger partial charge >= 0.3 is 0 Å². The van der Waals surface area contributed by atoms with Crippen molar-refractivity contribution in [3.8, 4) is 11.3 Å². The van der Waals surface area contributed by atoms with Gasteiger partial charge in [-0.25, -0.2) is 5.48 Å². The molecule has 0 saturated carbocycles. The first-order chi connectivity index (χ1) is 13.7. The van der Waals surface area contributed by atoms with Crippen molar-refractivity contribution in [3.05, 3.63) is 48.3 Å². The van der Waals surface area contributed by atoms with E-state index < -0.39 is 0 Å². The number of rotatable bonds is 4. The molecular formula is C21H23N5O2. The van der Waals surface area contributed by atoms with Crippen molar-refractivity contribution in [3.63, 3.8) is 0 Å². The van der Waals surface area contributed by atoms with E-state index in [2.05, 4.69) is 38.2 Å². The maximum atomic E-state index is 11.8. The summed E-state index contributed by atoms with van der Waals surface area (Å²) in [6, 6.07) is 12.5.